The van der Waals surface area contributed by atoms with Gasteiger partial charge in [-0.25, -0.2) is 4.79 Å². The summed E-state index contributed by atoms with van der Waals surface area (Å²) in [5, 5.41) is 6.23. The second-order valence-corrected chi connectivity index (χ2v) is 16.1. The van der Waals surface area contributed by atoms with Crippen LogP contribution in [0.4, 0.5) is 4.79 Å². The fourth-order valence-corrected chi connectivity index (χ4v) is 7.78. The Bertz CT molecular complexity index is 1790. The van der Waals surface area contributed by atoms with Crippen molar-refractivity contribution in [2.45, 2.75) is 117 Å². The number of hydrogen-bond donors (Lipinski definition) is 2. The molecule has 1 saturated heterocycles. The minimum atomic E-state index is -0.773. The van der Waals surface area contributed by atoms with Gasteiger partial charge in [-0.05, 0) is 85.6 Å². The number of amides is 4. The highest BCUT2D eigenvalue weighted by Crippen LogP contribution is 2.23. The number of esters is 1. The zero-order valence-electron chi connectivity index (χ0n) is 35.4. The number of benzene rings is 3. The summed E-state index contributed by atoms with van der Waals surface area (Å²) >= 11 is 0. The Hall–Kier alpha value is -5.19. The van der Waals surface area contributed by atoms with Crippen LogP contribution in [0.25, 0.3) is 0 Å². The SMILES string of the molecule is CC[C@H](C)[C@H](NC(=O)[C@H]1CCCCN1C(=O)OCc1ccccc1)C(=O)N(C)[C@H](CCc1cccc(C(=O)N[C@@H](Cc2ccccc2)C[C@H](C)C(=O)OC)c1)C(C)C. The Kier molecular flexibility index (Phi) is 17.8. The van der Waals surface area contributed by atoms with E-state index in [-0.39, 0.29) is 60.1 Å². The van der Waals surface area contributed by atoms with Gasteiger partial charge in [0.05, 0.1) is 13.0 Å². The van der Waals surface area contributed by atoms with Crippen molar-refractivity contribution >= 4 is 29.8 Å². The second kappa shape index (κ2) is 22.7. The molecule has 0 spiro atoms. The zero-order valence-corrected chi connectivity index (χ0v) is 35.4. The van der Waals surface area contributed by atoms with Crippen molar-refractivity contribution in [2.24, 2.45) is 17.8 Å². The summed E-state index contributed by atoms with van der Waals surface area (Å²) in [5.41, 5.74) is 3.41. The van der Waals surface area contributed by atoms with E-state index in [1.165, 1.54) is 12.0 Å². The van der Waals surface area contributed by atoms with Crippen molar-refractivity contribution in [1.29, 1.82) is 0 Å². The quantitative estimate of drug-likeness (QED) is 0.121. The molecule has 0 unspecified atom stereocenters. The number of carbonyl (C=O) groups excluding carboxylic acids is 5. The highest BCUT2D eigenvalue weighted by atomic mass is 16.6. The molecule has 4 rings (SSSR count). The van der Waals surface area contributed by atoms with E-state index in [0.29, 0.717) is 50.6 Å². The molecular weight excluding hydrogens is 733 g/mol. The monoisotopic (exact) mass is 796 g/mol. The van der Waals surface area contributed by atoms with E-state index in [1.807, 2.05) is 92.7 Å². The number of aryl methyl sites for hydroxylation is 1. The Labute approximate surface area is 345 Å². The predicted molar refractivity (Wildman–Crippen MR) is 226 cm³/mol. The van der Waals surface area contributed by atoms with Crippen LogP contribution in [0.3, 0.4) is 0 Å². The van der Waals surface area contributed by atoms with Gasteiger partial charge in [-0.3, -0.25) is 24.1 Å². The average Bonchev–Trinajstić information content (AvgIpc) is 3.24. The third kappa shape index (κ3) is 13.2. The van der Waals surface area contributed by atoms with Crippen molar-refractivity contribution in [2.75, 3.05) is 20.7 Å². The number of likely N-dealkylation sites (N-methyl/N-ethyl adjacent to an activating group) is 1. The summed E-state index contributed by atoms with van der Waals surface area (Å²) in [4.78, 5) is 70.6. The molecule has 1 aliphatic heterocycles. The van der Waals surface area contributed by atoms with Gasteiger partial charge in [0.1, 0.15) is 18.7 Å². The minimum Gasteiger partial charge on any atom is -0.469 e. The average molecular weight is 797 g/mol. The van der Waals surface area contributed by atoms with Crippen LogP contribution in [0.2, 0.25) is 0 Å². The van der Waals surface area contributed by atoms with Crippen LogP contribution in [0, 0.1) is 17.8 Å². The fraction of sp³-hybridized carbons (Fsp3) is 0.511. The van der Waals surface area contributed by atoms with E-state index in [4.69, 9.17) is 9.47 Å². The van der Waals surface area contributed by atoms with Crippen LogP contribution >= 0.6 is 0 Å². The number of likely N-dealkylation sites (tertiary alicyclic amines) is 1. The maximum Gasteiger partial charge on any atom is 0.410 e. The number of nitrogens with one attached hydrogen (secondary N) is 2. The molecule has 4 amide bonds. The molecule has 1 heterocycles. The van der Waals surface area contributed by atoms with Crippen molar-refractivity contribution in [3.8, 4) is 0 Å². The molecule has 11 heteroatoms. The lowest BCUT2D eigenvalue weighted by Crippen LogP contribution is -2.59. The maximum atomic E-state index is 14.3. The van der Waals surface area contributed by atoms with Gasteiger partial charge in [0.15, 0.2) is 0 Å². The van der Waals surface area contributed by atoms with Gasteiger partial charge >= 0.3 is 12.1 Å². The van der Waals surface area contributed by atoms with Gasteiger partial charge in [0, 0.05) is 31.2 Å². The van der Waals surface area contributed by atoms with Gasteiger partial charge in [-0.15, -0.1) is 0 Å². The summed E-state index contributed by atoms with van der Waals surface area (Å²) in [6, 6.07) is 24.9. The molecule has 314 valence electrons. The minimum absolute atomic E-state index is 0.109. The molecule has 6 atom stereocenters. The number of rotatable bonds is 19. The number of piperidine rings is 1. The third-order valence-electron chi connectivity index (χ3n) is 11.5. The molecule has 1 aliphatic rings. The van der Waals surface area contributed by atoms with E-state index in [2.05, 4.69) is 24.5 Å². The molecule has 0 radical (unpaired) electrons. The molecule has 3 aromatic rings. The molecule has 11 nitrogen and oxygen atoms in total. The van der Waals surface area contributed by atoms with Gasteiger partial charge in [0.25, 0.3) is 5.91 Å². The Balaban J connectivity index is 1.42. The van der Waals surface area contributed by atoms with Gasteiger partial charge in [-0.2, -0.15) is 0 Å². The first-order valence-electron chi connectivity index (χ1n) is 20.9. The van der Waals surface area contributed by atoms with Gasteiger partial charge < -0.3 is 25.0 Å². The molecule has 2 N–H and O–H groups in total. The second-order valence-electron chi connectivity index (χ2n) is 16.1. The summed E-state index contributed by atoms with van der Waals surface area (Å²) in [7, 11) is 3.17. The highest BCUT2D eigenvalue weighted by molar-refractivity contribution is 5.94. The summed E-state index contributed by atoms with van der Waals surface area (Å²) in [6.45, 7) is 10.5. The lowest BCUT2D eigenvalue weighted by atomic mass is 9.92. The summed E-state index contributed by atoms with van der Waals surface area (Å²) in [6.07, 6.45) is 4.47. The fourth-order valence-electron chi connectivity index (χ4n) is 7.78. The molecular formula is C47H64N4O7. The van der Waals surface area contributed by atoms with Crippen LogP contribution < -0.4 is 10.6 Å². The smallest absolute Gasteiger partial charge is 0.410 e. The molecule has 58 heavy (non-hydrogen) atoms. The first-order valence-corrected chi connectivity index (χ1v) is 20.9. The van der Waals surface area contributed by atoms with E-state index < -0.39 is 18.2 Å². The molecule has 3 aromatic carbocycles. The molecule has 0 aliphatic carbocycles. The Morgan fingerprint density at radius 2 is 1.50 bits per heavy atom. The molecule has 1 fully saturated rings. The Morgan fingerprint density at radius 3 is 2.14 bits per heavy atom. The maximum absolute atomic E-state index is 14.3. The first-order chi connectivity index (χ1) is 27.8. The van der Waals surface area contributed by atoms with E-state index >= 15 is 0 Å². The third-order valence-corrected chi connectivity index (χ3v) is 11.5. The van der Waals surface area contributed by atoms with Crippen LogP contribution in [0.5, 0.6) is 0 Å². The van der Waals surface area contributed by atoms with E-state index in [1.54, 1.807) is 24.9 Å². The lowest BCUT2D eigenvalue weighted by Gasteiger charge is -2.38. The number of nitrogens with zero attached hydrogens (tertiary/aromatic N) is 2. The predicted octanol–water partition coefficient (Wildman–Crippen LogP) is 7.36. The summed E-state index contributed by atoms with van der Waals surface area (Å²) < 4.78 is 10.6. The zero-order chi connectivity index (χ0) is 42.2. The number of methoxy groups -OCH3 is 1. The standard InChI is InChI=1S/C47H64N4O7/c1-8-33(4)42(49-44(53)41-24-15-16-27-51(41)47(56)58-31-37-20-13-10-14-21-37)45(54)50(6)40(32(2)3)26-25-36-22-17-23-38(29-36)43(52)48-39(28-34(5)46(55)57-7)30-35-18-11-9-12-19-35/h9-14,17-23,29,32-34,39-42H,8,15-16,24-28,30-31H2,1-7H3,(H,48,52)(H,49,53)/t33-,34-,39+,40+,41+,42-/m0/s1. The van der Waals surface area contributed by atoms with Crippen molar-refractivity contribution in [3.05, 3.63) is 107 Å². The topological polar surface area (TPSA) is 134 Å². The molecule has 0 saturated carbocycles. The van der Waals surface area contributed by atoms with Crippen LogP contribution in [0.1, 0.15) is 100 Å². The van der Waals surface area contributed by atoms with E-state index in [9.17, 15) is 24.0 Å². The highest BCUT2D eigenvalue weighted by Gasteiger charge is 2.38. The summed E-state index contributed by atoms with van der Waals surface area (Å²) in [5.74, 6) is -1.48. The molecule has 0 bridgehead atoms. The lowest BCUT2D eigenvalue weighted by molar-refractivity contribution is -0.145. The normalized spacial score (nSPS) is 16.6. The number of carbonyl (C=O) groups is 5. The van der Waals surface area contributed by atoms with Crippen LogP contribution in [-0.4, -0.2) is 84.5 Å². The first kappa shape index (κ1) is 45.5. The van der Waals surface area contributed by atoms with Crippen LogP contribution in [0.15, 0.2) is 84.9 Å². The number of ether oxygens (including phenoxy) is 2. The van der Waals surface area contributed by atoms with Crippen molar-refractivity contribution < 1.29 is 33.4 Å². The van der Waals surface area contributed by atoms with Gasteiger partial charge in [-0.1, -0.05) is 114 Å². The van der Waals surface area contributed by atoms with E-state index in [0.717, 1.165) is 29.5 Å². The van der Waals surface area contributed by atoms with Gasteiger partial charge in [0.2, 0.25) is 11.8 Å². The van der Waals surface area contributed by atoms with Crippen molar-refractivity contribution in [3.63, 3.8) is 0 Å². The van der Waals surface area contributed by atoms with Crippen molar-refractivity contribution in [1.82, 2.24) is 20.4 Å². The number of hydrogen-bond acceptors (Lipinski definition) is 7. The Morgan fingerprint density at radius 1 is 0.845 bits per heavy atom. The van der Waals surface area contributed by atoms with Crippen LogP contribution in [-0.2, 0) is 43.3 Å². The molecule has 0 aromatic heterocycles. The largest absolute Gasteiger partial charge is 0.469 e.